The number of nitrogens with zero attached hydrogens (tertiary/aromatic N) is 1. The van der Waals surface area contributed by atoms with E-state index in [1.807, 2.05) is 48.5 Å². The first-order valence-electron chi connectivity index (χ1n) is 9.62. The quantitative estimate of drug-likeness (QED) is 0.598. The third-order valence-corrected chi connectivity index (χ3v) is 5.29. The van der Waals surface area contributed by atoms with Gasteiger partial charge in [-0.3, -0.25) is 25.2 Å². The van der Waals surface area contributed by atoms with Gasteiger partial charge in [0.05, 0.1) is 11.5 Å². The zero-order valence-corrected chi connectivity index (χ0v) is 16.1. The molecule has 29 heavy (non-hydrogen) atoms. The Labute approximate surface area is 168 Å². The number of fused-ring (bicyclic) bond motifs is 1. The number of para-hydroxylation sites is 1. The van der Waals surface area contributed by atoms with Crippen molar-refractivity contribution < 1.29 is 14.4 Å². The van der Waals surface area contributed by atoms with E-state index < -0.39 is 11.8 Å². The second-order valence-corrected chi connectivity index (χ2v) is 7.12. The summed E-state index contributed by atoms with van der Waals surface area (Å²) in [6.07, 6.45) is 2.65. The molecule has 4 rings (SSSR count). The monoisotopic (exact) mass is 390 g/mol. The van der Waals surface area contributed by atoms with Crippen molar-refractivity contribution in [3.8, 4) is 0 Å². The highest BCUT2D eigenvalue weighted by molar-refractivity contribution is 6.07. The van der Waals surface area contributed by atoms with Crippen LogP contribution in [0.4, 0.5) is 5.69 Å². The summed E-state index contributed by atoms with van der Waals surface area (Å²) in [4.78, 5) is 41.9. The number of aromatic amines is 1. The van der Waals surface area contributed by atoms with E-state index in [2.05, 4.69) is 22.8 Å². The summed E-state index contributed by atoms with van der Waals surface area (Å²) < 4.78 is 0. The lowest BCUT2D eigenvalue weighted by Gasteiger charge is -2.17. The van der Waals surface area contributed by atoms with E-state index >= 15 is 0 Å². The molecule has 0 radical (unpaired) electrons. The van der Waals surface area contributed by atoms with Gasteiger partial charge in [0.25, 0.3) is 5.91 Å². The first-order chi connectivity index (χ1) is 14.1. The topological polar surface area (TPSA) is 94.3 Å². The number of benzene rings is 2. The molecule has 1 fully saturated rings. The van der Waals surface area contributed by atoms with Crippen LogP contribution in [0.2, 0.25) is 0 Å². The maximum atomic E-state index is 12.5. The summed E-state index contributed by atoms with van der Waals surface area (Å²) >= 11 is 0. The van der Waals surface area contributed by atoms with E-state index in [0.29, 0.717) is 12.1 Å². The normalized spacial score (nSPS) is 16.2. The first kappa shape index (κ1) is 18.7. The third-order valence-electron chi connectivity index (χ3n) is 5.29. The highest BCUT2D eigenvalue weighted by Crippen LogP contribution is 2.25. The van der Waals surface area contributed by atoms with Crippen molar-refractivity contribution in [2.24, 2.45) is 5.92 Å². The minimum atomic E-state index is -0.517. The number of hydrazine groups is 1. The number of amides is 3. The smallest absolute Gasteiger partial charge is 0.271 e. The number of aryl methyl sites for hydroxylation is 1. The minimum Gasteiger partial charge on any atom is -0.360 e. The number of aromatic nitrogens is 1. The molecular formula is C22H22N4O3. The Morgan fingerprint density at radius 3 is 2.62 bits per heavy atom. The fourth-order valence-corrected chi connectivity index (χ4v) is 3.59. The summed E-state index contributed by atoms with van der Waals surface area (Å²) in [7, 11) is 0. The predicted octanol–water partition coefficient (Wildman–Crippen LogP) is 2.54. The van der Waals surface area contributed by atoms with E-state index in [1.165, 1.54) is 5.56 Å². The van der Waals surface area contributed by atoms with Gasteiger partial charge in [-0.1, -0.05) is 37.3 Å². The van der Waals surface area contributed by atoms with Crippen molar-refractivity contribution in [3.05, 3.63) is 65.9 Å². The Morgan fingerprint density at radius 2 is 1.86 bits per heavy atom. The van der Waals surface area contributed by atoms with Gasteiger partial charge in [-0.05, 0) is 30.2 Å². The van der Waals surface area contributed by atoms with E-state index in [-0.39, 0.29) is 18.2 Å². The van der Waals surface area contributed by atoms with Gasteiger partial charge in [-0.25, -0.2) is 0 Å². The Hall–Kier alpha value is -3.61. The van der Waals surface area contributed by atoms with Gasteiger partial charge in [-0.15, -0.1) is 0 Å². The van der Waals surface area contributed by atoms with Crippen molar-refractivity contribution in [1.29, 1.82) is 0 Å². The van der Waals surface area contributed by atoms with Crippen molar-refractivity contribution in [2.75, 3.05) is 11.4 Å². The average molecular weight is 390 g/mol. The van der Waals surface area contributed by atoms with E-state index in [4.69, 9.17) is 0 Å². The van der Waals surface area contributed by atoms with Crippen LogP contribution in [0, 0.1) is 5.92 Å². The van der Waals surface area contributed by atoms with Crippen LogP contribution in [-0.4, -0.2) is 29.3 Å². The SMILES string of the molecule is CCc1ccc(N2CC(C(=O)NNC(=O)c3c[nH]c4ccccc34)CC2=O)cc1. The molecule has 1 aliphatic rings. The molecule has 2 heterocycles. The first-order valence-corrected chi connectivity index (χ1v) is 9.62. The number of H-pyrrole nitrogens is 1. The van der Waals surface area contributed by atoms with Gasteiger partial charge >= 0.3 is 0 Å². The zero-order chi connectivity index (χ0) is 20.4. The molecule has 3 aromatic rings. The van der Waals surface area contributed by atoms with Gasteiger partial charge in [0.15, 0.2) is 0 Å². The highest BCUT2D eigenvalue weighted by Gasteiger charge is 2.35. The third kappa shape index (κ3) is 3.71. The number of anilines is 1. The number of rotatable bonds is 4. The predicted molar refractivity (Wildman–Crippen MR) is 110 cm³/mol. The summed E-state index contributed by atoms with van der Waals surface area (Å²) in [5.41, 5.74) is 8.17. The molecule has 1 aromatic heterocycles. The van der Waals surface area contributed by atoms with Crippen LogP contribution in [0.5, 0.6) is 0 Å². The Balaban J connectivity index is 1.37. The van der Waals surface area contributed by atoms with Crippen LogP contribution in [-0.2, 0) is 16.0 Å². The number of carbonyl (C=O) groups is 3. The Kier molecular flexibility index (Phi) is 5.03. The largest absolute Gasteiger partial charge is 0.360 e. The second kappa shape index (κ2) is 7.79. The fourth-order valence-electron chi connectivity index (χ4n) is 3.59. The highest BCUT2D eigenvalue weighted by atomic mass is 16.2. The van der Waals surface area contributed by atoms with Gasteiger partial charge in [-0.2, -0.15) is 0 Å². The Morgan fingerprint density at radius 1 is 1.10 bits per heavy atom. The van der Waals surface area contributed by atoms with E-state index in [0.717, 1.165) is 23.0 Å². The summed E-state index contributed by atoms with van der Waals surface area (Å²) in [5.74, 6) is -1.40. The van der Waals surface area contributed by atoms with Crippen molar-refractivity contribution in [3.63, 3.8) is 0 Å². The number of hydrogen-bond acceptors (Lipinski definition) is 3. The molecule has 0 aliphatic carbocycles. The zero-order valence-electron chi connectivity index (χ0n) is 16.1. The van der Waals surface area contributed by atoms with Crippen molar-refractivity contribution >= 4 is 34.3 Å². The Bertz CT molecular complexity index is 1070. The van der Waals surface area contributed by atoms with Crippen LogP contribution in [0.15, 0.2) is 54.7 Å². The fraction of sp³-hybridized carbons (Fsp3) is 0.227. The number of carbonyl (C=O) groups excluding carboxylic acids is 3. The molecule has 0 spiro atoms. The molecule has 7 nitrogen and oxygen atoms in total. The van der Waals surface area contributed by atoms with Crippen molar-refractivity contribution in [1.82, 2.24) is 15.8 Å². The maximum Gasteiger partial charge on any atom is 0.271 e. The average Bonchev–Trinajstić information content (AvgIpc) is 3.35. The number of nitrogens with one attached hydrogen (secondary N) is 3. The lowest BCUT2D eigenvalue weighted by molar-refractivity contribution is -0.126. The van der Waals surface area contributed by atoms with Crippen LogP contribution < -0.4 is 15.8 Å². The van der Waals surface area contributed by atoms with Crippen LogP contribution >= 0.6 is 0 Å². The molecule has 7 heteroatoms. The maximum absolute atomic E-state index is 12.5. The summed E-state index contributed by atoms with van der Waals surface area (Å²) in [6, 6.07) is 15.2. The van der Waals surface area contributed by atoms with Crippen LogP contribution in [0.25, 0.3) is 10.9 Å². The van der Waals surface area contributed by atoms with Gasteiger partial charge in [0.1, 0.15) is 0 Å². The number of hydrogen-bond donors (Lipinski definition) is 3. The molecule has 1 aliphatic heterocycles. The molecule has 3 amide bonds. The standard InChI is InChI=1S/C22H22N4O3/c1-2-14-7-9-16(10-8-14)26-13-15(11-20(26)27)21(28)24-25-22(29)18-12-23-19-6-4-3-5-17(18)19/h3-10,12,15,23H,2,11,13H2,1H3,(H,24,28)(H,25,29). The van der Waals surface area contributed by atoms with E-state index in [9.17, 15) is 14.4 Å². The van der Waals surface area contributed by atoms with Gasteiger partial charge < -0.3 is 9.88 Å². The molecule has 3 N–H and O–H groups in total. The molecule has 0 bridgehead atoms. The summed E-state index contributed by atoms with van der Waals surface area (Å²) in [5, 5.41) is 0.775. The lowest BCUT2D eigenvalue weighted by Crippen LogP contribution is -2.45. The van der Waals surface area contributed by atoms with Gasteiger partial charge in [0, 0.05) is 35.8 Å². The molecule has 2 aromatic carbocycles. The molecule has 1 saturated heterocycles. The molecule has 148 valence electrons. The van der Waals surface area contributed by atoms with Crippen LogP contribution in [0.1, 0.15) is 29.3 Å². The minimum absolute atomic E-state index is 0.0997. The molecular weight excluding hydrogens is 368 g/mol. The van der Waals surface area contributed by atoms with E-state index in [1.54, 1.807) is 11.1 Å². The van der Waals surface area contributed by atoms with Gasteiger partial charge in [0.2, 0.25) is 11.8 Å². The lowest BCUT2D eigenvalue weighted by atomic mass is 10.1. The van der Waals surface area contributed by atoms with Crippen LogP contribution in [0.3, 0.4) is 0 Å². The molecule has 1 unspecified atom stereocenters. The van der Waals surface area contributed by atoms with Crippen molar-refractivity contribution in [2.45, 2.75) is 19.8 Å². The molecule has 1 atom stereocenters. The molecule has 0 saturated carbocycles. The summed E-state index contributed by atoms with van der Waals surface area (Å²) in [6.45, 7) is 2.36. The second-order valence-electron chi connectivity index (χ2n) is 7.12.